The SMILES string of the molecule is NC(=O)c1ccc(N2CC3CCCC3C2C(=O)O)c(Cl)c1. The summed E-state index contributed by atoms with van der Waals surface area (Å²) < 4.78 is 0. The van der Waals surface area contributed by atoms with Crippen LogP contribution >= 0.6 is 11.6 Å². The number of fused-ring (bicyclic) bond motifs is 1. The number of carboxylic acid groups (broad SMARTS) is 1. The number of carbonyl (C=O) groups is 2. The van der Waals surface area contributed by atoms with Crippen LogP contribution in [-0.2, 0) is 4.79 Å². The van der Waals surface area contributed by atoms with Gasteiger partial charge in [0.1, 0.15) is 6.04 Å². The van der Waals surface area contributed by atoms with Crippen LogP contribution < -0.4 is 10.6 Å². The molecule has 21 heavy (non-hydrogen) atoms. The van der Waals surface area contributed by atoms with Gasteiger partial charge in [0.2, 0.25) is 5.91 Å². The first-order valence-electron chi connectivity index (χ1n) is 7.08. The molecule has 1 amide bonds. The lowest BCUT2D eigenvalue weighted by Gasteiger charge is -2.27. The van der Waals surface area contributed by atoms with Crippen LogP contribution in [0.2, 0.25) is 5.02 Å². The highest BCUT2D eigenvalue weighted by molar-refractivity contribution is 6.33. The lowest BCUT2D eigenvalue weighted by atomic mass is 9.94. The van der Waals surface area contributed by atoms with Crippen molar-refractivity contribution in [3.8, 4) is 0 Å². The van der Waals surface area contributed by atoms with Gasteiger partial charge in [-0.3, -0.25) is 4.79 Å². The van der Waals surface area contributed by atoms with Crippen molar-refractivity contribution >= 4 is 29.2 Å². The Morgan fingerprint density at radius 1 is 1.33 bits per heavy atom. The molecular weight excluding hydrogens is 292 g/mol. The highest BCUT2D eigenvalue weighted by Crippen LogP contribution is 2.45. The maximum atomic E-state index is 11.7. The van der Waals surface area contributed by atoms with Crippen LogP contribution in [0.4, 0.5) is 5.69 Å². The molecule has 2 aliphatic rings. The van der Waals surface area contributed by atoms with E-state index in [4.69, 9.17) is 17.3 Å². The minimum atomic E-state index is -0.806. The Morgan fingerprint density at radius 3 is 2.71 bits per heavy atom. The van der Waals surface area contributed by atoms with Gasteiger partial charge in [0.05, 0.1) is 10.7 Å². The summed E-state index contributed by atoms with van der Waals surface area (Å²) >= 11 is 6.24. The summed E-state index contributed by atoms with van der Waals surface area (Å²) in [7, 11) is 0. The van der Waals surface area contributed by atoms with Crippen LogP contribution in [-0.4, -0.2) is 29.6 Å². The quantitative estimate of drug-likeness (QED) is 0.896. The second-order valence-corrected chi connectivity index (χ2v) is 6.23. The van der Waals surface area contributed by atoms with Crippen molar-refractivity contribution < 1.29 is 14.7 Å². The molecule has 6 heteroatoms. The number of amides is 1. The predicted molar refractivity (Wildman–Crippen MR) is 79.6 cm³/mol. The fourth-order valence-electron chi connectivity index (χ4n) is 3.76. The van der Waals surface area contributed by atoms with E-state index in [-0.39, 0.29) is 5.92 Å². The van der Waals surface area contributed by atoms with Gasteiger partial charge < -0.3 is 15.7 Å². The van der Waals surface area contributed by atoms with Gasteiger partial charge in [-0.1, -0.05) is 18.0 Å². The minimum absolute atomic E-state index is 0.189. The Bertz CT molecular complexity index is 605. The van der Waals surface area contributed by atoms with Crippen LogP contribution in [0.15, 0.2) is 18.2 Å². The molecular formula is C15H17ClN2O3. The first-order chi connectivity index (χ1) is 9.99. The van der Waals surface area contributed by atoms with E-state index in [0.29, 0.717) is 28.7 Å². The molecule has 0 bridgehead atoms. The minimum Gasteiger partial charge on any atom is -0.480 e. The standard InChI is InChI=1S/C15H17ClN2O3/c16-11-6-8(14(17)19)4-5-12(11)18-7-9-2-1-3-10(9)13(18)15(20)21/h4-6,9-10,13H,1-3,7H2,(H2,17,19)(H,20,21). The normalized spacial score (nSPS) is 27.7. The van der Waals surface area contributed by atoms with Crippen molar-refractivity contribution in [2.75, 3.05) is 11.4 Å². The van der Waals surface area contributed by atoms with Gasteiger partial charge in [-0.15, -0.1) is 0 Å². The molecule has 1 aromatic rings. The molecule has 1 saturated carbocycles. The summed E-state index contributed by atoms with van der Waals surface area (Å²) in [5.41, 5.74) is 6.23. The van der Waals surface area contributed by atoms with E-state index in [1.807, 2.05) is 4.90 Å². The molecule has 2 fully saturated rings. The number of benzene rings is 1. The van der Waals surface area contributed by atoms with Crippen LogP contribution in [0.1, 0.15) is 29.6 Å². The van der Waals surface area contributed by atoms with Gasteiger partial charge >= 0.3 is 5.97 Å². The molecule has 1 heterocycles. The van der Waals surface area contributed by atoms with Crippen molar-refractivity contribution in [3.05, 3.63) is 28.8 Å². The van der Waals surface area contributed by atoms with Crippen molar-refractivity contribution in [1.82, 2.24) is 0 Å². The number of hydrogen-bond acceptors (Lipinski definition) is 3. The van der Waals surface area contributed by atoms with Crippen LogP contribution in [0.5, 0.6) is 0 Å². The third kappa shape index (κ3) is 2.35. The van der Waals surface area contributed by atoms with Gasteiger partial charge in [0.15, 0.2) is 0 Å². The number of rotatable bonds is 3. The summed E-state index contributed by atoms with van der Waals surface area (Å²) in [5.74, 6) is -0.747. The molecule has 3 atom stereocenters. The van der Waals surface area contributed by atoms with Crippen LogP contribution in [0.25, 0.3) is 0 Å². The molecule has 3 N–H and O–H groups in total. The monoisotopic (exact) mass is 308 g/mol. The average molecular weight is 309 g/mol. The van der Waals surface area contributed by atoms with E-state index >= 15 is 0 Å². The summed E-state index contributed by atoms with van der Waals surface area (Å²) in [4.78, 5) is 24.7. The van der Waals surface area contributed by atoms with Gasteiger partial charge in [0, 0.05) is 12.1 Å². The Morgan fingerprint density at radius 2 is 2.10 bits per heavy atom. The van der Waals surface area contributed by atoms with Gasteiger partial charge in [-0.25, -0.2) is 4.79 Å². The zero-order valence-electron chi connectivity index (χ0n) is 11.5. The second kappa shape index (κ2) is 5.22. The summed E-state index contributed by atoms with van der Waals surface area (Å²) in [6, 6.07) is 4.26. The van der Waals surface area contributed by atoms with E-state index < -0.39 is 17.9 Å². The van der Waals surface area contributed by atoms with Crippen molar-refractivity contribution in [1.29, 1.82) is 0 Å². The smallest absolute Gasteiger partial charge is 0.326 e. The number of carboxylic acids is 1. The molecule has 1 aromatic carbocycles. The van der Waals surface area contributed by atoms with E-state index in [0.717, 1.165) is 19.3 Å². The lowest BCUT2D eigenvalue weighted by molar-refractivity contribution is -0.139. The third-order valence-electron chi connectivity index (χ3n) is 4.69. The number of aliphatic carboxylic acids is 1. The Balaban J connectivity index is 1.96. The van der Waals surface area contributed by atoms with E-state index in [9.17, 15) is 14.7 Å². The summed E-state index contributed by atoms with van der Waals surface area (Å²) in [5, 5.41) is 9.94. The molecule has 3 unspecified atom stereocenters. The number of hydrogen-bond donors (Lipinski definition) is 2. The molecule has 1 aliphatic heterocycles. The summed E-state index contributed by atoms with van der Waals surface area (Å²) in [6.07, 6.45) is 3.12. The van der Waals surface area contributed by atoms with Crippen molar-refractivity contribution in [2.24, 2.45) is 17.6 Å². The van der Waals surface area contributed by atoms with Gasteiger partial charge in [-0.05, 0) is 42.9 Å². The number of primary amides is 1. The largest absolute Gasteiger partial charge is 0.480 e. The second-order valence-electron chi connectivity index (χ2n) is 5.82. The molecule has 1 saturated heterocycles. The number of carbonyl (C=O) groups excluding carboxylic acids is 1. The molecule has 112 valence electrons. The van der Waals surface area contributed by atoms with Gasteiger partial charge in [-0.2, -0.15) is 0 Å². The van der Waals surface area contributed by atoms with Gasteiger partial charge in [0.25, 0.3) is 0 Å². The number of anilines is 1. The zero-order chi connectivity index (χ0) is 15.1. The van der Waals surface area contributed by atoms with Crippen LogP contribution in [0, 0.1) is 11.8 Å². The molecule has 0 radical (unpaired) electrons. The third-order valence-corrected chi connectivity index (χ3v) is 4.99. The molecule has 3 rings (SSSR count). The van der Waals surface area contributed by atoms with E-state index in [1.165, 1.54) is 6.07 Å². The summed E-state index contributed by atoms with van der Waals surface area (Å²) in [6.45, 7) is 0.706. The Hall–Kier alpha value is -1.75. The van der Waals surface area contributed by atoms with E-state index in [2.05, 4.69) is 0 Å². The highest BCUT2D eigenvalue weighted by atomic mass is 35.5. The molecule has 0 spiro atoms. The fraction of sp³-hybridized carbons (Fsp3) is 0.467. The maximum absolute atomic E-state index is 11.7. The number of halogens is 1. The first kappa shape index (κ1) is 14.2. The Kier molecular flexibility index (Phi) is 3.53. The maximum Gasteiger partial charge on any atom is 0.326 e. The number of nitrogens with two attached hydrogens (primary N) is 1. The lowest BCUT2D eigenvalue weighted by Crippen LogP contribution is -2.39. The first-order valence-corrected chi connectivity index (χ1v) is 7.45. The van der Waals surface area contributed by atoms with Crippen LogP contribution in [0.3, 0.4) is 0 Å². The molecule has 0 aromatic heterocycles. The fourth-order valence-corrected chi connectivity index (χ4v) is 4.05. The van der Waals surface area contributed by atoms with Crippen molar-refractivity contribution in [3.63, 3.8) is 0 Å². The highest BCUT2D eigenvalue weighted by Gasteiger charge is 2.48. The average Bonchev–Trinajstić information content (AvgIpc) is 2.97. The predicted octanol–water partition coefficient (Wildman–Crippen LogP) is 2.13. The zero-order valence-corrected chi connectivity index (χ0v) is 12.2. The van der Waals surface area contributed by atoms with Crippen molar-refractivity contribution in [2.45, 2.75) is 25.3 Å². The topological polar surface area (TPSA) is 83.6 Å². The Labute approximate surface area is 127 Å². The molecule has 5 nitrogen and oxygen atoms in total. The van der Waals surface area contributed by atoms with E-state index in [1.54, 1.807) is 12.1 Å². The molecule has 1 aliphatic carbocycles. The number of nitrogens with zero attached hydrogens (tertiary/aromatic N) is 1.